The molecule has 1 aliphatic heterocycles. The highest BCUT2D eigenvalue weighted by Gasteiger charge is 2.22. The van der Waals surface area contributed by atoms with E-state index in [2.05, 4.69) is 65.3 Å². The maximum Gasteiger partial charge on any atom is 0.510 e. The number of ether oxygens (including phenoxy) is 2. The van der Waals surface area contributed by atoms with E-state index in [4.69, 9.17) is 13.9 Å². The first kappa shape index (κ1) is 36.2. The Morgan fingerprint density at radius 2 is 1.33 bits per heavy atom. The highest BCUT2D eigenvalue weighted by atomic mass is 16.7. The van der Waals surface area contributed by atoms with Crippen LogP contribution in [0.3, 0.4) is 0 Å². The standard InChI is InChI=1S/C41H55N3O5/c1-2-3-4-5-6-7-8-9-10-11-12-13-17-30-47-41(46)48-33-44-38-25-19-24-37(39(38)49-40(44)45)43-28-26-42(27-29-43)32-34-20-18-23-36(31-34)35-21-15-14-16-22-35/h14-16,18-25,31H,2-13,17,26-30,32-33H2,1H3. The van der Waals surface area contributed by atoms with Gasteiger partial charge in [-0.05, 0) is 41.3 Å². The molecule has 1 fully saturated rings. The van der Waals surface area contributed by atoms with E-state index in [-0.39, 0.29) is 6.73 Å². The van der Waals surface area contributed by atoms with Gasteiger partial charge in [0.25, 0.3) is 0 Å². The Morgan fingerprint density at radius 1 is 0.694 bits per heavy atom. The molecule has 1 aromatic heterocycles. The highest BCUT2D eigenvalue weighted by molar-refractivity contribution is 5.87. The number of hydrogen-bond acceptors (Lipinski definition) is 7. The number of piperazine rings is 1. The lowest BCUT2D eigenvalue weighted by atomic mass is 10.0. The van der Waals surface area contributed by atoms with Crippen molar-refractivity contribution in [3.8, 4) is 11.1 Å². The van der Waals surface area contributed by atoms with Gasteiger partial charge in [0.2, 0.25) is 0 Å². The second kappa shape index (κ2) is 19.8. The van der Waals surface area contributed by atoms with Gasteiger partial charge in [-0.1, -0.05) is 139 Å². The minimum absolute atomic E-state index is 0.247. The fourth-order valence-corrected chi connectivity index (χ4v) is 6.76. The van der Waals surface area contributed by atoms with Crippen LogP contribution in [0.25, 0.3) is 22.2 Å². The number of carbonyl (C=O) groups is 1. The first-order valence-electron chi connectivity index (χ1n) is 18.7. The Labute approximate surface area is 292 Å². The zero-order chi connectivity index (χ0) is 34.1. The van der Waals surface area contributed by atoms with Crippen LogP contribution in [0.2, 0.25) is 0 Å². The van der Waals surface area contributed by atoms with E-state index in [1.807, 2.05) is 24.3 Å². The molecule has 4 aromatic rings. The third-order valence-corrected chi connectivity index (χ3v) is 9.61. The maximum atomic E-state index is 12.8. The minimum atomic E-state index is -0.762. The highest BCUT2D eigenvalue weighted by Crippen LogP contribution is 2.28. The van der Waals surface area contributed by atoms with Crippen LogP contribution in [-0.4, -0.2) is 48.4 Å². The van der Waals surface area contributed by atoms with Crippen LogP contribution in [0, 0.1) is 0 Å². The zero-order valence-electron chi connectivity index (χ0n) is 29.5. The number of benzene rings is 3. The Hall–Kier alpha value is -4.04. The second-order valence-corrected chi connectivity index (χ2v) is 13.4. The van der Waals surface area contributed by atoms with Crippen LogP contribution >= 0.6 is 0 Å². The number of para-hydroxylation sites is 1. The molecule has 0 radical (unpaired) electrons. The van der Waals surface area contributed by atoms with Crippen LogP contribution in [-0.2, 0) is 22.7 Å². The Balaban J connectivity index is 1.00. The largest absolute Gasteiger partial charge is 0.510 e. The number of rotatable bonds is 20. The third-order valence-electron chi connectivity index (χ3n) is 9.61. The molecule has 0 amide bonds. The molecular formula is C41H55N3O5. The predicted molar refractivity (Wildman–Crippen MR) is 198 cm³/mol. The summed E-state index contributed by atoms with van der Waals surface area (Å²) in [5.41, 5.74) is 5.75. The van der Waals surface area contributed by atoms with Crippen molar-refractivity contribution in [3.63, 3.8) is 0 Å². The summed E-state index contributed by atoms with van der Waals surface area (Å²) in [6.45, 7) is 6.64. The third kappa shape index (κ3) is 11.2. The lowest BCUT2D eigenvalue weighted by Crippen LogP contribution is -2.46. The molecule has 3 aromatic carbocycles. The van der Waals surface area contributed by atoms with E-state index in [0.717, 1.165) is 57.7 Å². The van der Waals surface area contributed by atoms with Gasteiger partial charge in [-0.25, -0.2) is 14.2 Å². The number of anilines is 1. The topological polar surface area (TPSA) is 77.1 Å². The summed E-state index contributed by atoms with van der Waals surface area (Å²) < 4.78 is 17.6. The van der Waals surface area contributed by atoms with Crippen molar-refractivity contribution in [3.05, 3.63) is 88.9 Å². The van der Waals surface area contributed by atoms with Crippen LogP contribution in [0.15, 0.2) is 82.0 Å². The molecule has 0 N–H and O–H groups in total. The number of hydrogen-bond donors (Lipinski definition) is 0. The first-order valence-corrected chi connectivity index (χ1v) is 18.7. The van der Waals surface area contributed by atoms with Gasteiger partial charge < -0.3 is 18.8 Å². The number of fused-ring (bicyclic) bond motifs is 1. The predicted octanol–water partition coefficient (Wildman–Crippen LogP) is 9.79. The Bertz CT molecular complexity index is 1610. The van der Waals surface area contributed by atoms with E-state index in [1.54, 1.807) is 0 Å². The van der Waals surface area contributed by atoms with Crippen molar-refractivity contribution in [1.82, 2.24) is 9.47 Å². The molecule has 1 aliphatic rings. The van der Waals surface area contributed by atoms with Crippen LogP contribution in [0.1, 0.15) is 96.0 Å². The summed E-state index contributed by atoms with van der Waals surface area (Å²) in [7, 11) is 0. The molecule has 0 unspecified atom stereocenters. The number of unbranched alkanes of at least 4 members (excludes halogenated alkanes) is 12. The van der Waals surface area contributed by atoms with Gasteiger partial charge in [0.05, 0.1) is 17.8 Å². The van der Waals surface area contributed by atoms with E-state index >= 15 is 0 Å². The van der Waals surface area contributed by atoms with Gasteiger partial charge in [-0.3, -0.25) is 4.90 Å². The summed E-state index contributed by atoms with van der Waals surface area (Å²) >= 11 is 0. The van der Waals surface area contributed by atoms with E-state index in [0.29, 0.717) is 17.7 Å². The molecule has 0 atom stereocenters. The molecule has 264 valence electrons. The molecule has 0 spiro atoms. The molecule has 0 aliphatic carbocycles. The van der Waals surface area contributed by atoms with E-state index in [1.165, 1.54) is 85.5 Å². The first-order chi connectivity index (χ1) is 24.1. The van der Waals surface area contributed by atoms with Crippen LogP contribution in [0.4, 0.5) is 10.5 Å². The van der Waals surface area contributed by atoms with E-state index in [9.17, 15) is 9.59 Å². The van der Waals surface area contributed by atoms with Gasteiger partial charge >= 0.3 is 11.9 Å². The average Bonchev–Trinajstić information content (AvgIpc) is 3.46. The van der Waals surface area contributed by atoms with Crippen molar-refractivity contribution < 1.29 is 18.7 Å². The molecule has 5 rings (SSSR count). The van der Waals surface area contributed by atoms with Crippen LogP contribution in [0.5, 0.6) is 0 Å². The second-order valence-electron chi connectivity index (χ2n) is 13.4. The van der Waals surface area contributed by atoms with Gasteiger partial charge in [0, 0.05) is 32.7 Å². The lowest BCUT2D eigenvalue weighted by Gasteiger charge is -2.36. The van der Waals surface area contributed by atoms with Crippen molar-refractivity contribution in [2.75, 3.05) is 37.7 Å². The molecule has 0 saturated carbocycles. The summed E-state index contributed by atoms with van der Waals surface area (Å²) in [5, 5.41) is 0. The fraction of sp³-hybridized carbons (Fsp3) is 0.512. The zero-order valence-corrected chi connectivity index (χ0v) is 29.5. The summed E-state index contributed by atoms with van der Waals surface area (Å²) in [5.74, 6) is -0.552. The average molecular weight is 670 g/mol. The molecule has 2 heterocycles. The normalized spacial score (nSPS) is 13.6. The van der Waals surface area contributed by atoms with Gasteiger partial charge in [-0.15, -0.1) is 0 Å². The maximum absolute atomic E-state index is 12.8. The smallest absolute Gasteiger partial charge is 0.434 e. The SMILES string of the molecule is CCCCCCCCCCCCCCCOC(=O)OCn1c(=O)oc2c(N3CCN(Cc4cccc(-c5ccccc5)c4)CC3)cccc21. The molecule has 1 saturated heterocycles. The number of carbonyl (C=O) groups excluding carboxylic acids is 1. The molecule has 8 nitrogen and oxygen atoms in total. The minimum Gasteiger partial charge on any atom is -0.434 e. The molecule has 0 bridgehead atoms. The quantitative estimate of drug-likeness (QED) is 0.0685. The fourth-order valence-electron chi connectivity index (χ4n) is 6.76. The summed E-state index contributed by atoms with van der Waals surface area (Å²) in [4.78, 5) is 29.8. The summed E-state index contributed by atoms with van der Waals surface area (Å²) in [6.07, 6.45) is 15.6. The van der Waals surface area contributed by atoms with Gasteiger partial charge in [0.1, 0.15) is 0 Å². The number of oxazole rings is 1. The monoisotopic (exact) mass is 669 g/mol. The summed E-state index contributed by atoms with van der Waals surface area (Å²) in [6, 6.07) is 24.9. The van der Waals surface area contributed by atoms with Crippen molar-refractivity contribution >= 4 is 22.9 Å². The van der Waals surface area contributed by atoms with Crippen molar-refractivity contribution in [2.45, 2.75) is 104 Å². The number of nitrogens with zero attached hydrogens (tertiary/aromatic N) is 3. The molecule has 49 heavy (non-hydrogen) atoms. The lowest BCUT2D eigenvalue weighted by molar-refractivity contribution is 0.0322. The molecular weight excluding hydrogens is 614 g/mol. The van der Waals surface area contributed by atoms with Gasteiger partial charge in [0.15, 0.2) is 12.3 Å². The van der Waals surface area contributed by atoms with Crippen molar-refractivity contribution in [1.29, 1.82) is 0 Å². The Kier molecular flexibility index (Phi) is 14.7. The Morgan fingerprint density at radius 3 is 2.02 bits per heavy atom. The van der Waals surface area contributed by atoms with Crippen LogP contribution < -0.4 is 10.7 Å². The van der Waals surface area contributed by atoms with Crippen molar-refractivity contribution in [2.24, 2.45) is 0 Å². The molecule has 8 heteroatoms. The van der Waals surface area contributed by atoms with E-state index < -0.39 is 11.9 Å². The van der Waals surface area contributed by atoms with Gasteiger partial charge in [-0.2, -0.15) is 0 Å². The number of aromatic nitrogens is 1.